The predicted octanol–water partition coefficient (Wildman–Crippen LogP) is 3.67. The van der Waals surface area contributed by atoms with E-state index < -0.39 is 0 Å². The number of piperidine rings is 3. The molecule has 2 aromatic heterocycles. The Balaban J connectivity index is 1.55. The van der Waals surface area contributed by atoms with Gasteiger partial charge in [0.1, 0.15) is 10.9 Å². The molecule has 2 bridgehead atoms. The molecule has 3 saturated heterocycles. The Morgan fingerprint density at radius 1 is 1.28 bits per heavy atom. The average molecular weight is 406 g/mol. The van der Waals surface area contributed by atoms with Crippen molar-refractivity contribution < 1.29 is 14.4 Å². The number of aromatic nitrogens is 1. The molecule has 0 spiro atoms. The molecule has 3 aromatic rings. The standard InChI is InChI=1S/C24H24N2O2S/c1-2-16-15-26-12-10-17(16)14-21(26)23(28-24(27)22-8-5-13-29-22)19-9-11-25-20-7-4-3-6-18(19)20/h2-9,11,13,16-17,21,23H,1,10,12,14-15H2/p+1/t16-,17+,21+,23-/m0/s1. The third-order valence-electron chi connectivity index (χ3n) is 6.63. The van der Waals surface area contributed by atoms with Crippen LogP contribution < -0.4 is 4.90 Å². The molecule has 1 N–H and O–H groups in total. The molecule has 0 amide bonds. The molecule has 5 heteroatoms. The van der Waals surface area contributed by atoms with Gasteiger partial charge in [0.2, 0.25) is 0 Å². The second-order valence-corrected chi connectivity index (χ2v) is 9.07. The largest absolute Gasteiger partial charge is 0.447 e. The summed E-state index contributed by atoms with van der Waals surface area (Å²) in [5, 5.41) is 2.99. The van der Waals surface area contributed by atoms with Crippen LogP contribution in [-0.4, -0.2) is 30.1 Å². The normalized spacial score (nSPS) is 26.9. The van der Waals surface area contributed by atoms with Gasteiger partial charge in [-0.2, -0.15) is 0 Å². The van der Waals surface area contributed by atoms with Crippen LogP contribution in [0.1, 0.15) is 34.2 Å². The first-order valence-corrected chi connectivity index (χ1v) is 11.2. The summed E-state index contributed by atoms with van der Waals surface area (Å²) in [5.41, 5.74) is 2.01. The number of para-hydroxylation sites is 1. The number of nitrogens with one attached hydrogen (secondary N) is 1. The van der Waals surface area contributed by atoms with Crippen LogP contribution in [0.5, 0.6) is 0 Å². The number of hydrogen-bond acceptors (Lipinski definition) is 4. The first-order valence-electron chi connectivity index (χ1n) is 10.3. The van der Waals surface area contributed by atoms with Gasteiger partial charge < -0.3 is 9.64 Å². The number of carbonyl (C=O) groups is 1. The van der Waals surface area contributed by atoms with Crippen LogP contribution in [0.15, 0.2) is 66.7 Å². The summed E-state index contributed by atoms with van der Waals surface area (Å²) in [7, 11) is 0. The van der Waals surface area contributed by atoms with Gasteiger partial charge in [-0.3, -0.25) is 4.98 Å². The lowest BCUT2D eigenvalue weighted by Crippen LogP contribution is -3.20. The third kappa shape index (κ3) is 3.38. The highest BCUT2D eigenvalue weighted by Crippen LogP contribution is 2.36. The molecule has 6 rings (SSSR count). The van der Waals surface area contributed by atoms with Crippen molar-refractivity contribution in [2.24, 2.45) is 11.8 Å². The zero-order chi connectivity index (χ0) is 19.8. The molecule has 1 aromatic carbocycles. The zero-order valence-corrected chi connectivity index (χ0v) is 17.1. The van der Waals surface area contributed by atoms with Crippen molar-refractivity contribution in [1.82, 2.24) is 4.98 Å². The van der Waals surface area contributed by atoms with Crippen molar-refractivity contribution in [3.8, 4) is 0 Å². The maximum absolute atomic E-state index is 12.9. The second kappa shape index (κ2) is 7.73. The van der Waals surface area contributed by atoms with E-state index in [1.54, 1.807) is 0 Å². The van der Waals surface area contributed by atoms with E-state index in [-0.39, 0.29) is 18.1 Å². The lowest BCUT2D eigenvalue weighted by molar-refractivity contribution is -0.949. The fourth-order valence-corrected chi connectivity index (χ4v) is 5.79. The highest BCUT2D eigenvalue weighted by Gasteiger charge is 2.47. The number of nitrogens with zero attached hydrogens (tertiary/aromatic N) is 1. The van der Waals surface area contributed by atoms with Crippen LogP contribution in [0, 0.1) is 11.8 Å². The Morgan fingerprint density at radius 3 is 2.93 bits per heavy atom. The van der Waals surface area contributed by atoms with E-state index in [1.165, 1.54) is 22.7 Å². The molecule has 148 valence electrons. The van der Waals surface area contributed by atoms with Gasteiger partial charge in [-0.25, -0.2) is 4.79 Å². The maximum Gasteiger partial charge on any atom is 0.349 e. The summed E-state index contributed by atoms with van der Waals surface area (Å²) in [6.07, 6.45) is 5.97. The van der Waals surface area contributed by atoms with E-state index in [9.17, 15) is 4.79 Å². The van der Waals surface area contributed by atoms with Crippen LogP contribution >= 0.6 is 11.3 Å². The molecule has 4 nitrogen and oxygen atoms in total. The predicted molar refractivity (Wildman–Crippen MR) is 115 cm³/mol. The number of benzene rings is 1. The molecular weight excluding hydrogens is 380 g/mol. The molecule has 3 fully saturated rings. The minimum Gasteiger partial charge on any atom is -0.447 e. The molecule has 3 aliphatic rings. The molecule has 0 radical (unpaired) electrons. The summed E-state index contributed by atoms with van der Waals surface area (Å²) < 4.78 is 6.25. The lowest BCUT2D eigenvalue weighted by Gasteiger charge is -2.48. The van der Waals surface area contributed by atoms with Crippen molar-refractivity contribution in [2.75, 3.05) is 13.1 Å². The average Bonchev–Trinajstić information content (AvgIpc) is 3.32. The SMILES string of the molecule is C=C[C@H]1C[NH+]2CC[C@@H]1C[C@@H]2[C@@H](OC(=O)c1cccs1)c1ccnc2ccccc12. The van der Waals surface area contributed by atoms with Gasteiger partial charge in [0.05, 0.1) is 18.6 Å². The summed E-state index contributed by atoms with van der Waals surface area (Å²) in [6.45, 7) is 6.26. The maximum atomic E-state index is 12.9. The quantitative estimate of drug-likeness (QED) is 0.520. The third-order valence-corrected chi connectivity index (χ3v) is 7.48. The van der Waals surface area contributed by atoms with Crippen molar-refractivity contribution in [1.29, 1.82) is 0 Å². The number of hydrogen-bond donors (Lipinski definition) is 1. The van der Waals surface area contributed by atoms with E-state index in [4.69, 9.17) is 4.74 Å². The van der Waals surface area contributed by atoms with Gasteiger partial charge in [-0.05, 0) is 29.5 Å². The summed E-state index contributed by atoms with van der Waals surface area (Å²) in [4.78, 5) is 19.6. The van der Waals surface area contributed by atoms with E-state index in [2.05, 4.69) is 23.7 Å². The number of thiophene rings is 1. The smallest absolute Gasteiger partial charge is 0.349 e. The van der Waals surface area contributed by atoms with Crippen LogP contribution in [0.3, 0.4) is 0 Å². The Morgan fingerprint density at radius 2 is 2.17 bits per heavy atom. The van der Waals surface area contributed by atoms with Crippen molar-refractivity contribution in [3.05, 3.63) is 77.1 Å². The van der Waals surface area contributed by atoms with Gasteiger partial charge in [0.25, 0.3) is 0 Å². The number of carbonyl (C=O) groups excluding carboxylic acids is 1. The number of rotatable bonds is 5. The molecule has 1 unspecified atom stereocenters. The minimum absolute atomic E-state index is 0.229. The van der Waals surface area contributed by atoms with Gasteiger partial charge in [-0.15, -0.1) is 17.9 Å². The van der Waals surface area contributed by atoms with Gasteiger partial charge >= 0.3 is 5.97 Å². The summed E-state index contributed by atoms with van der Waals surface area (Å²) >= 11 is 1.43. The highest BCUT2D eigenvalue weighted by atomic mass is 32.1. The number of pyridine rings is 1. The molecule has 5 atom stereocenters. The topological polar surface area (TPSA) is 43.6 Å². The number of esters is 1. The van der Waals surface area contributed by atoms with Crippen molar-refractivity contribution >= 4 is 28.2 Å². The van der Waals surface area contributed by atoms with E-state index in [0.29, 0.717) is 16.7 Å². The van der Waals surface area contributed by atoms with Crippen LogP contribution in [0.2, 0.25) is 0 Å². The number of ether oxygens (including phenoxy) is 1. The fourth-order valence-electron chi connectivity index (χ4n) is 5.19. The van der Waals surface area contributed by atoms with Crippen molar-refractivity contribution in [2.45, 2.75) is 25.0 Å². The first kappa shape index (κ1) is 18.5. The fraction of sp³-hybridized carbons (Fsp3) is 0.333. The molecule has 5 heterocycles. The first-order chi connectivity index (χ1) is 14.2. The van der Waals surface area contributed by atoms with Gasteiger partial charge in [0, 0.05) is 35.9 Å². The Kier molecular flexibility index (Phi) is 4.94. The van der Waals surface area contributed by atoms with E-state index in [1.807, 2.05) is 48.0 Å². The summed E-state index contributed by atoms with van der Waals surface area (Å²) in [5.74, 6) is 0.970. The summed E-state index contributed by atoms with van der Waals surface area (Å²) in [6, 6.07) is 14.2. The van der Waals surface area contributed by atoms with Gasteiger partial charge in [-0.1, -0.05) is 30.3 Å². The molecule has 0 saturated carbocycles. The second-order valence-electron chi connectivity index (χ2n) is 8.12. The molecule has 29 heavy (non-hydrogen) atoms. The number of quaternary nitrogens is 1. The number of fused-ring (bicyclic) bond motifs is 4. The zero-order valence-electron chi connectivity index (χ0n) is 16.3. The Labute approximate surface area is 174 Å². The van der Waals surface area contributed by atoms with E-state index in [0.717, 1.165) is 36.0 Å². The Bertz CT molecular complexity index is 1030. The minimum atomic E-state index is -0.277. The highest BCUT2D eigenvalue weighted by molar-refractivity contribution is 7.11. The molecule has 3 aliphatic heterocycles. The van der Waals surface area contributed by atoms with Crippen LogP contribution in [-0.2, 0) is 4.74 Å². The van der Waals surface area contributed by atoms with Crippen LogP contribution in [0.25, 0.3) is 10.9 Å². The Hall–Kier alpha value is -2.50. The van der Waals surface area contributed by atoms with Gasteiger partial charge in [0.15, 0.2) is 6.10 Å². The van der Waals surface area contributed by atoms with E-state index >= 15 is 0 Å². The molecule has 0 aliphatic carbocycles. The monoisotopic (exact) mass is 405 g/mol. The van der Waals surface area contributed by atoms with Crippen LogP contribution in [0.4, 0.5) is 0 Å². The lowest BCUT2D eigenvalue weighted by atomic mass is 9.73. The van der Waals surface area contributed by atoms with Crippen molar-refractivity contribution in [3.63, 3.8) is 0 Å². The molecular formula is C24H25N2O2S+.